The summed E-state index contributed by atoms with van der Waals surface area (Å²) in [6.07, 6.45) is 2.31. The normalized spacial score (nSPS) is 12.9. The van der Waals surface area contributed by atoms with Gasteiger partial charge in [-0.3, -0.25) is 4.79 Å². The Morgan fingerprint density at radius 3 is 2.10 bits per heavy atom. The fraction of sp³-hybridized carbons (Fsp3) is 0.265. The Morgan fingerprint density at radius 1 is 0.872 bits per heavy atom. The molecule has 0 bridgehead atoms. The third-order valence-electron chi connectivity index (χ3n) is 7.11. The van der Waals surface area contributed by atoms with Gasteiger partial charge in [-0.1, -0.05) is 101 Å². The molecule has 2 unspecified atom stereocenters. The first-order chi connectivity index (χ1) is 18.8. The zero-order valence-corrected chi connectivity index (χ0v) is 24.1. The Bertz CT molecular complexity index is 1410. The molecule has 4 aromatic rings. The highest BCUT2D eigenvalue weighted by Gasteiger charge is 2.32. The van der Waals surface area contributed by atoms with Crippen LogP contribution in [0, 0.1) is 5.82 Å². The van der Waals surface area contributed by atoms with E-state index < -0.39 is 5.82 Å². The van der Waals surface area contributed by atoms with Crippen LogP contribution >= 0.6 is 8.58 Å². The molecule has 0 heterocycles. The van der Waals surface area contributed by atoms with Gasteiger partial charge in [-0.25, -0.2) is 4.39 Å². The van der Waals surface area contributed by atoms with Gasteiger partial charge in [0, 0.05) is 29.8 Å². The van der Waals surface area contributed by atoms with Crippen LogP contribution in [-0.4, -0.2) is 19.7 Å². The summed E-state index contributed by atoms with van der Waals surface area (Å²) in [5.41, 5.74) is 6.24. The maximum Gasteiger partial charge on any atom is 0.188 e. The summed E-state index contributed by atoms with van der Waals surface area (Å²) < 4.78 is 25.8. The van der Waals surface area contributed by atoms with Gasteiger partial charge in [0.1, 0.15) is 11.6 Å². The van der Waals surface area contributed by atoms with E-state index in [2.05, 4.69) is 74.5 Å². The molecule has 0 aliphatic carbocycles. The van der Waals surface area contributed by atoms with Gasteiger partial charge >= 0.3 is 0 Å². The van der Waals surface area contributed by atoms with Crippen LogP contribution in [0.5, 0.6) is 5.75 Å². The summed E-state index contributed by atoms with van der Waals surface area (Å²) in [4.78, 5) is 12.4. The lowest BCUT2D eigenvalue weighted by Crippen LogP contribution is -2.23. The molecule has 0 fully saturated rings. The highest BCUT2D eigenvalue weighted by Crippen LogP contribution is 2.49. The molecule has 3 nitrogen and oxygen atoms in total. The first-order valence-electron chi connectivity index (χ1n) is 13.3. The van der Waals surface area contributed by atoms with Crippen LogP contribution in [0.15, 0.2) is 91.0 Å². The lowest BCUT2D eigenvalue weighted by atomic mass is 9.88. The largest absolute Gasteiger partial charge is 0.467 e. The number of carbonyl (C=O) groups is 1. The van der Waals surface area contributed by atoms with Crippen LogP contribution < -0.4 is 10.0 Å². The molecular weight excluding hydrogens is 506 g/mol. The molecule has 0 aliphatic rings. The summed E-state index contributed by atoms with van der Waals surface area (Å²) >= 11 is 0. The molecule has 0 saturated heterocycles. The molecular formula is C34H36FO3P. The average Bonchev–Trinajstić information content (AvgIpc) is 2.94. The molecule has 0 spiro atoms. The number of Topliss-reactive ketones (excluding diaryl/α,β-unsaturated/α-hetero) is 1. The van der Waals surface area contributed by atoms with E-state index in [9.17, 15) is 9.18 Å². The van der Waals surface area contributed by atoms with Gasteiger partial charge in [0.25, 0.3) is 0 Å². The van der Waals surface area contributed by atoms with Gasteiger partial charge in [0.05, 0.1) is 0 Å². The quantitative estimate of drug-likeness (QED) is 0.104. The van der Waals surface area contributed by atoms with Crippen LogP contribution in [0.3, 0.4) is 0 Å². The average molecular weight is 543 g/mol. The fourth-order valence-corrected chi connectivity index (χ4v) is 6.54. The van der Waals surface area contributed by atoms with Crippen molar-refractivity contribution in [1.82, 2.24) is 0 Å². The predicted octanol–water partition coefficient (Wildman–Crippen LogP) is 7.82. The fourth-order valence-electron chi connectivity index (χ4n) is 4.89. The third-order valence-corrected chi connectivity index (χ3v) is 8.99. The first kappa shape index (κ1) is 28.7. The van der Waals surface area contributed by atoms with Gasteiger partial charge in [-0.05, 0) is 59.5 Å². The number of benzene rings is 4. The van der Waals surface area contributed by atoms with Crippen LogP contribution in [0.1, 0.15) is 65.4 Å². The molecule has 0 N–H and O–H groups in total. The zero-order valence-electron chi connectivity index (χ0n) is 23.1. The van der Waals surface area contributed by atoms with E-state index in [0.717, 1.165) is 35.0 Å². The van der Waals surface area contributed by atoms with Crippen molar-refractivity contribution in [3.63, 3.8) is 0 Å². The molecule has 0 radical (unpaired) electrons. The van der Waals surface area contributed by atoms with E-state index in [1.807, 2.05) is 12.1 Å². The van der Waals surface area contributed by atoms with Crippen molar-refractivity contribution >= 4 is 19.7 Å². The third kappa shape index (κ3) is 7.20. The second kappa shape index (κ2) is 13.2. The smallest absolute Gasteiger partial charge is 0.188 e. The van der Waals surface area contributed by atoms with E-state index in [0.29, 0.717) is 12.0 Å². The van der Waals surface area contributed by atoms with Crippen molar-refractivity contribution in [3.8, 4) is 5.75 Å². The Balaban J connectivity index is 1.88. The van der Waals surface area contributed by atoms with E-state index in [4.69, 9.17) is 9.47 Å². The zero-order chi connectivity index (χ0) is 27.8. The number of methoxy groups -OCH3 is 1. The number of ketones is 1. The van der Waals surface area contributed by atoms with Crippen LogP contribution in [-0.2, 0) is 22.7 Å². The van der Waals surface area contributed by atoms with E-state index in [-0.39, 0.29) is 26.3 Å². The second-order valence-corrected chi connectivity index (χ2v) is 12.0. The Hall–Kier alpha value is -3.33. The SMILES string of the molecule is CCC(C)(Pc1ccc(F)cc1C(C)=O)c1cc(Cc2ccccc2)cc(Cc2ccccc2)c1OCOC. The molecule has 2 atom stereocenters. The van der Waals surface area contributed by atoms with Crippen molar-refractivity contribution in [2.75, 3.05) is 13.9 Å². The topological polar surface area (TPSA) is 35.5 Å². The minimum Gasteiger partial charge on any atom is -0.467 e. The molecule has 0 aliphatic heterocycles. The monoisotopic (exact) mass is 542 g/mol. The van der Waals surface area contributed by atoms with Crippen LogP contribution in [0.4, 0.5) is 4.39 Å². The molecule has 4 aromatic carbocycles. The van der Waals surface area contributed by atoms with Gasteiger partial charge in [-0.2, -0.15) is 0 Å². The highest BCUT2D eigenvalue weighted by molar-refractivity contribution is 7.48. The van der Waals surface area contributed by atoms with Gasteiger partial charge in [-0.15, -0.1) is 0 Å². The molecule has 0 aromatic heterocycles. The molecule has 202 valence electrons. The predicted molar refractivity (Wildman–Crippen MR) is 159 cm³/mol. The summed E-state index contributed by atoms with van der Waals surface area (Å²) in [7, 11) is 1.86. The van der Waals surface area contributed by atoms with Gasteiger partial charge in [0.15, 0.2) is 12.6 Å². The Morgan fingerprint density at radius 2 is 1.51 bits per heavy atom. The van der Waals surface area contributed by atoms with Crippen molar-refractivity contribution in [1.29, 1.82) is 0 Å². The summed E-state index contributed by atoms with van der Waals surface area (Å²) in [5.74, 6) is 0.292. The number of ether oxygens (including phenoxy) is 2. The van der Waals surface area contributed by atoms with E-state index in [1.54, 1.807) is 13.2 Å². The Kier molecular flexibility index (Phi) is 9.67. The number of hydrogen-bond acceptors (Lipinski definition) is 3. The number of halogens is 1. The lowest BCUT2D eigenvalue weighted by molar-refractivity contribution is 0.0494. The summed E-state index contributed by atoms with van der Waals surface area (Å²) in [6.45, 7) is 6.00. The number of hydrogen-bond donors (Lipinski definition) is 0. The maximum absolute atomic E-state index is 14.1. The van der Waals surface area contributed by atoms with Crippen molar-refractivity contribution in [2.45, 2.75) is 45.2 Å². The molecule has 4 rings (SSSR count). The van der Waals surface area contributed by atoms with Crippen LogP contribution in [0.2, 0.25) is 0 Å². The Labute approximate surface area is 233 Å². The highest BCUT2D eigenvalue weighted by atomic mass is 31.1. The second-order valence-electron chi connectivity index (χ2n) is 10.1. The number of carbonyl (C=O) groups excluding carboxylic acids is 1. The molecule has 0 amide bonds. The molecule has 5 heteroatoms. The van der Waals surface area contributed by atoms with Crippen LogP contribution in [0.25, 0.3) is 0 Å². The van der Waals surface area contributed by atoms with Gasteiger partial charge in [0.2, 0.25) is 0 Å². The summed E-state index contributed by atoms with van der Waals surface area (Å²) in [6, 6.07) is 29.9. The summed E-state index contributed by atoms with van der Waals surface area (Å²) in [5, 5.41) is 0.507. The van der Waals surface area contributed by atoms with Gasteiger partial charge < -0.3 is 9.47 Å². The standard InChI is InChI=1S/C34H36FO3P/c1-5-34(3,39-32-17-16-29(35)22-30(32)24(2)36)31-21-27(18-25-12-8-6-9-13-25)20-28(33(31)38-23-37-4)19-26-14-10-7-11-15-26/h6-17,20-22,39H,5,18-19,23H2,1-4H3. The maximum atomic E-state index is 14.1. The molecule has 39 heavy (non-hydrogen) atoms. The minimum absolute atomic E-state index is 0.130. The van der Waals surface area contributed by atoms with E-state index in [1.165, 1.54) is 35.7 Å². The lowest BCUT2D eigenvalue weighted by Gasteiger charge is -2.33. The molecule has 0 saturated carbocycles. The number of rotatable bonds is 12. The first-order valence-corrected chi connectivity index (χ1v) is 14.3. The minimum atomic E-state index is -0.397. The van der Waals surface area contributed by atoms with E-state index >= 15 is 0 Å². The van der Waals surface area contributed by atoms with Crippen molar-refractivity contribution in [3.05, 3.63) is 130 Å². The van der Waals surface area contributed by atoms with Crippen molar-refractivity contribution in [2.24, 2.45) is 0 Å². The van der Waals surface area contributed by atoms with Crippen molar-refractivity contribution < 1.29 is 18.7 Å².